The minimum absolute atomic E-state index is 0.0752. The third-order valence-electron chi connectivity index (χ3n) is 6.14. The third-order valence-corrected chi connectivity index (χ3v) is 6.14. The highest BCUT2D eigenvalue weighted by Crippen LogP contribution is 2.63. The standard InChI is InChI=1S/C18H28O3/c1-4-7-20-17-10-13-8-14(11-17)18(6-3,15(9-13)12-17)21-16(19)5-2/h5,13-15H,2,4,6-12H2,1,3H3. The van der Waals surface area contributed by atoms with Crippen LogP contribution in [0, 0.1) is 17.8 Å². The highest BCUT2D eigenvalue weighted by atomic mass is 16.6. The van der Waals surface area contributed by atoms with Gasteiger partial charge in [-0.05, 0) is 50.9 Å². The Labute approximate surface area is 128 Å². The molecule has 0 aromatic rings. The van der Waals surface area contributed by atoms with E-state index in [1.807, 2.05) is 0 Å². The number of carbonyl (C=O) groups excluding carboxylic acids is 1. The Bertz CT molecular complexity index is 412. The van der Waals surface area contributed by atoms with Crippen molar-refractivity contribution in [2.45, 2.75) is 70.0 Å². The largest absolute Gasteiger partial charge is 0.455 e. The van der Waals surface area contributed by atoms with E-state index in [0.717, 1.165) is 38.2 Å². The molecule has 4 aliphatic rings. The van der Waals surface area contributed by atoms with Gasteiger partial charge in [-0.15, -0.1) is 0 Å². The lowest BCUT2D eigenvalue weighted by molar-refractivity contribution is -0.251. The second kappa shape index (κ2) is 5.42. The first-order valence-corrected chi connectivity index (χ1v) is 8.57. The Balaban J connectivity index is 1.84. The summed E-state index contributed by atoms with van der Waals surface area (Å²) in [5.41, 5.74) is -0.187. The molecule has 4 fully saturated rings. The van der Waals surface area contributed by atoms with E-state index in [9.17, 15) is 4.79 Å². The molecule has 0 N–H and O–H groups in total. The van der Waals surface area contributed by atoms with Crippen LogP contribution in [-0.4, -0.2) is 23.8 Å². The monoisotopic (exact) mass is 292 g/mol. The highest BCUT2D eigenvalue weighted by molar-refractivity contribution is 5.81. The van der Waals surface area contributed by atoms with Crippen LogP contribution in [0.1, 0.15) is 58.8 Å². The Morgan fingerprint density at radius 1 is 1.24 bits per heavy atom. The van der Waals surface area contributed by atoms with E-state index in [1.165, 1.54) is 25.3 Å². The number of ether oxygens (including phenoxy) is 2. The molecule has 2 atom stereocenters. The first-order chi connectivity index (χ1) is 10.1. The molecule has 4 rings (SSSR count). The lowest BCUT2D eigenvalue weighted by atomic mass is 9.47. The second-order valence-corrected chi connectivity index (χ2v) is 7.31. The van der Waals surface area contributed by atoms with Crippen LogP contribution in [0.25, 0.3) is 0 Å². The zero-order valence-corrected chi connectivity index (χ0v) is 13.4. The van der Waals surface area contributed by atoms with Gasteiger partial charge in [0.2, 0.25) is 0 Å². The summed E-state index contributed by atoms with van der Waals surface area (Å²) >= 11 is 0. The van der Waals surface area contributed by atoms with Crippen LogP contribution in [0.5, 0.6) is 0 Å². The van der Waals surface area contributed by atoms with Gasteiger partial charge in [-0.3, -0.25) is 0 Å². The summed E-state index contributed by atoms with van der Waals surface area (Å²) in [4.78, 5) is 11.8. The molecule has 0 saturated heterocycles. The molecule has 4 saturated carbocycles. The summed E-state index contributed by atoms with van der Waals surface area (Å²) in [6, 6.07) is 0. The van der Waals surface area contributed by atoms with Gasteiger partial charge >= 0.3 is 5.97 Å². The van der Waals surface area contributed by atoms with Crippen molar-refractivity contribution in [2.24, 2.45) is 17.8 Å². The van der Waals surface area contributed by atoms with E-state index in [1.54, 1.807) is 0 Å². The van der Waals surface area contributed by atoms with Crippen LogP contribution < -0.4 is 0 Å². The first-order valence-electron chi connectivity index (χ1n) is 8.57. The fourth-order valence-electron chi connectivity index (χ4n) is 5.53. The van der Waals surface area contributed by atoms with Crippen molar-refractivity contribution in [1.82, 2.24) is 0 Å². The van der Waals surface area contributed by atoms with Crippen molar-refractivity contribution in [3.05, 3.63) is 12.7 Å². The summed E-state index contributed by atoms with van der Waals surface area (Å²) in [6.07, 6.45) is 9.06. The van der Waals surface area contributed by atoms with Gasteiger partial charge in [0, 0.05) is 24.5 Å². The molecular formula is C18H28O3. The zero-order valence-electron chi connectivity index (χ0n) is 13.4. The molecule has 0 aliphatic heterocycles. The van der Waals surface area contributed by atoms with Crippen molar-refractivity contribution in [1.29, 1.82) is 0 Å². The van der Waals surface area contributed by atoms with Gasteiger partial charge in [0.1, 0.15) is 5.60 Å². The molecule has 21 heavy (non-hydrogen) atoms. The van der Waals surface area contributed by atoms with Gasteiger partial charge in [0.15, 0.2) is 0 Å². The number of esters is 1. The van der Waals surface area contributed by atoms with Gasteiger partial charge in [-0.1, -0.05) is 20.4 Å². The summed E-state index contributed by atoms with van der Waals surface area (Å²) in [7, 11) is 0. The molecule has 0 heterocycles. The van der Waals surface area contributed by atoms with E-state index < -0.39 is 0 Å². The molecule has 0 spiro atoms. The van der Waals surface area contributed by atoms with Crippen LogP contribution in [0.3, 0.4) is 0 Å². The highest BCUT2D eigenvalue weighted by Gasteiger charge is 2.63. The van der Waals surface area contributed by atoms with E-state index in [0.29, 0.717) is 11.8 Å². The van der Waals surface area contributed by atoms with Crippen LogP contribution in [0.2, 0.25) is 0 Å². The van der Waals surface area contributed by atoms with Gasteiger partial charge in [0.25, 0.3) is 0 Å². The molecule has 118 valence electrons. The Morgan fingerprint density at radius 2 is 1.90 bits per heavy atom. The number of carbonyl (C=O) groups is 1. The summed E-state index contributed by atoms with van der Waals surface area (Å²) in [6.45, 7) is 8.76. The Morgan fingerprint density at radius 3 is 2.43 bits per heavy atom. The van der Waals surface area contributed by atoms with E-state index in [-0.39, 0.29) is 17.2 Å². The lowest BCUT2D eigenvalue weighted by Gasteiger charge is -2.64. The molecule has 0 aromatic heterocycles. The summed E-state index contributed by atoms with van der Waals surface area (Å²) in [5, 5.41) is 0. The topological polar surface area (TPSA) is 35.5 Å². The van der Waals surface area contributed by atoms with E-state index >= 15 is 0 Å². The van der Waals surface area contributed by atoms with Gasteiger partial charge in [-0.25, -0.2) is 4.79 Å². The van der Waals surface area contributed by atoms with Crippen molar-refractivity contribution in [3.8, 4) is 0 Å². The number of hydrogen-bond acceptors (Lipinski definition) is 3. The molecule has 3 nitrogen and oxygen atoms in total. The van der Waals surface area contributed by atoms with Crippen LogP contribution in [0.4, 0.5) is 0 Å². The van der Waals surface area contributed by atoms with E-state index in [2.05, 4.69) is 20.4 Å². The molecule has 2 unspecified atom stereocenters. The minimum atomic E-state index is -0.263. The summed E-state index contributed by atoms with van der Waals surface area (Å²) in [5.74, 6) is 1.44. The molecule has 0 aromatic carbocycles. The number of rotatable bonds is 6. The average molecular weight is 292 g/mol. The summed E-state index contributed by atoms with van der Waals surface area (Å²) < 4.78 is 12.3. The molecule has 4 aliphatic carbocycles. The predicted octanol–water partition coefficient (Wildman–Crippen LogP) is 3.87. The maximum Gasteiger partial charge on any atom is 0.330 e. The molecule has 3 heteroatoms. The van der Waals surface area contributed by atoms with Crippen molar-refractivity contribution < 1.29 is 14.3 Å². The van der Waals surface area contributed by atoms with Gasteiger partial charge < -0.3 is 9.47 Å². The smallest absolute Gasteiger partial charge is 0.330 e. The maximum atomic E-state index is 11.8. The molecule has 0 radical (unpaired) electrons. The maximum absolute atomic E-state index is 11.8. The lowest BCUT2D eigenvalue weighted by Crippen LogP contribution is -2.65. The van der Waals surface area contributed by atoms with Crippen molar-refractivity contribution >= 4 is 5.97 Å². The molecular weight excluding hydrogens is 264 g/mol. The average Bonchev–Trinajstić information content (AvgIpc) is 2.48. The van der Waals surface area contributed by atoms with Crippen LogP contribution in [0.15, 0.2) is 12.7 Å². The number of hydrogen-bond donors (Lipinski definition) is 0. The van der Waals surface area contributed by atoms with Crippen LogP contribution in [-0.2, 0) is 14.3 Å². The Hall–Kier alpha value is -0.830. The third kappa shape index (κ3) is 2.34. The van der Waals surface area contributed by atoms with Gasteiger partial charge in [-0.2, -0.15) is 0 Å². The normalized spacial score (nSPS) is 43.8. The van der Waals surface area contributed by atoms with Gasteiger partial charge in [0.05, 0.1) is 5.60 Å². The quantitative estimate of drug-likeness (QED) is 0.550. The SMILES string of the molecule is C=CC(=O)OC1(CC)C2CC3CC1CC(OCCC)(C3)C2. The fourth-order valence-corrected chi connectivity index (χ4v) is 5.53. The molecule has 0 amide bonds. The zero-order chi connectivity index (χ0) is 15.1. The first kappa shape index (κ1) is 15.1. The van der Waals surface area contributed by atoms with E-state index in [4.69, 9.17) is 9.47 Å². The van der Waals surface area contributed by atoms with Crippen molar-refractivity contribution in [3.63, 3.8) is 0 Å². The minimum Gasteiger partial charge on any atom is -0.455 e. The fraction of sp³-hybridized carbons (Fsp3) is 0.833. The Kier molecular flexibility index (Phi) is 3.89. The van der Waals surface area contributed by atoms with Crippen LogP contribution >= 0.6 is 0 Å². The second-order valence-electron chi connectivity index (χ2n) is 7.31. The predicted molar refractivity (Wildman–Crippen MR) is 81.8 cm³/mol. The van der Waals surface area contributed by atoms with Crippen molar-refractivity contribution in [2.75, 3.05) is 6.61 Å². The molecule has 4 bridgehead atoms.